The van der Waals surface area contributed by atoms with E-state index in [1.807, 2.05) is 54.6 Å². The third kappa shape index (κ3) is 2.40. The predicted molar refractivity (Wildman–Crippen MR) is 82.4 cm³/mol. The quantitative estimate of drug-likeness (QED) is 0.801. The van der Waals surface area contributed by atoms with E-state index in [9.17, 15) is 9.90 Å². The average molecular weight is 285 g/mol. The summed E-state index contributed by atoms with van der Waals surface area (Å²) in [5, 5.41) is 10.4. The standard InChI is InChI=1S/C16H15NO2S/c18-11-13(10-12-6-2-1-3-7-12)17-16(19)14-8-4-5-9-15(14)20-17/h1-9,13,18H,10-11H2. The molecular weight excluding hydrogens is 270 g/mol. The summed E-state index contributed by atoms with van der Waals surface area (Å²) < 4.78 is 2.65. The molecule has 0 bridgehead atoms. The van der Waals surface area contributed by atoms with Gasteiger partial charge in [-0.3, -0.25) is 8.75 Å². The Balaban J connectivity index is 1.99. The van der Waals surface area contributed by atoms with Gasteiger partial charge in [0.25, 0.3) is 5.56 Å². The largest absolute Gasteiger partial charge is 0.394 e. The summed E-state index contributed by atoms with van der Waals surface area (Å²) in [5.41, 5.74) is 1.11. The first-order chi connectivity index (χ1) is 9.79. The van der Waals surface area contributed by atoms with Gasteiger partial charge in [0, 0.05) is 0 Å². The molecule has 1 N–H and O–H groups in total. The zero-order valence-corrected chi connectivity index (χ0v) is 11.7. The number of nitrogens with zero attached hydrogens (tertiary/aromatic N) is 1. The van der Waals surface area contributed by atoms with Gasteiger partial charge in [-0.05, 0) is 24.1 Å². The number of rotatable bonds is 4. The van der Waals surface area contributed by atoms with Crippen LogP contribution >= 0.6 is 11.5 Å². The molecule has 0 aliphatic heterocycles. The van der Waals surface area contributed by atoms with Crippen molar-refractivity contribution in [3.05, 3.63) is 70.5 Å². The Kier molecular flexibility index (Phi) is 3.67. The van der Waals surface area contributed by atoms with Gasteiger partial charge in [0.1, 0.15) is 0 Å². The monoisotopic (exact) mass is 285 g/mol. The Morgan fingerprint density at radius 1 is 1.05 bits per heavy atom. The predicted octanol–water partition coefficient (Wildman–Crippen LogP) is 2.84. The maximum Gasteiger partial charge on any atom is 0.268 e. The molecule has 0 spiro atoms. The van der Waals surface area contributed by atoms with Crippen molar-refractivity contribution >= 4 is 21.6 Å². The molecule has 0 aliphatic carbocycles. The van der Waals surface area contributed by atoms with Gasteiger partial charge in [-0.15, -0.1) is 0 Å². The minimum atomic E-state index is -0.206. The molecule has 1 atom stereocenters. The fraction of sp³-hybridized carbons (Fsp3) is 0.188. The highest BCUT2D eigenvalue weighted by Gasteiger charge is 2.16. The third-order valence-electron chi connectivity index (χ3n) is 3.37. The maximum absolute atomic E-state index is 12.4. The summed E-state index contributed by atoms with van der Waals surface area (Å²) in [6, 6.07) is 17.3. The lowest BCUT2D eigenvalue weighted by atomic mass is 10.1. The number of aliphatic hydroxyl groups excluding tert-OH is 1. The molecule has 20 heavy (non-hydrogen) atoms. The van der Waals surface area contributed by atoms with Crippen LogP contribution in [-0.2, 0) is 6.42 Å². The highest BCUT2D eigenvalue weighted by Crippen LogP contribution is 2.21. The van der Waals surface area contributed by atoms with E-state index in [2.05, 4.69) is 0 Å². The van der Waals surface area contributed by atoms with Crippen molar-refractivity contribution in [1.29, 1.82) is 0 Å². The fourth-order valence-corrected chi connectivity index (χ4v) is 3.41. The van der Waals surface area contributed by atoms with Gasteiger partial charge < -0.3 is 5.11 Å². The molecule has 3 aromatic rings. The molecule has 0 radical (unpaired) electrons. The van der Waals surface area contributed by atoms with Crippen LogP contribution < -0.4 is 5.56 Å². The van der Waals surface area contributed by atoms with E-state index in [1.165, 1.54) is 11.5 Å². The van der Waals surface area contributed by atoms with Crippen LogP contribution in [-0.4, -0.2) is 15.7 Å². The van der Waals surface area contributed by atoms with E-state index in [4.69, 9.17) is 0 Å². The van der Waals surface area contributed by atoms with E-state index in [-0.39, 0.29) is 18.2 Å². The smallest absolute Gasteiger partial charge is 0.268 e. The van der Waals surface area contributed by atoms with Crippen molar-refractivity contribution in [1.82, 2.24) is 3.96 Å². The number of benzene rings is 2. The van der Waals surface area contributed by atoms with E-state index >= 15 is 0 Å². The van der Waals surface area contributed by atoms with Crippen molar-refractivity contribution in [2.45, 2.75) is 12.5 Å². The molecule has 1 heterocycles. The van der Waals surface area contributed by atoms with Crippen molar-refractivity contribution in [3.63, 3.8) is 0 Å². The molecule has 1 unspecified atom stereocenters. The van der Waals surface area contributed by atoms with Crippen LogP contribution in [0.1, 0.15) is 11.6 Å². The fourth-order valence-electron chi connectivity index (χ4n) is 2.34. The Bertz CT molecular complexity index is 761. The van der Waals surface area contributed by atoms with E-state index in [0.29, 0.717) is 6.42 Å². The third-order valence-corrected chi connectivity index (χ3v) is 4.58. The Labute approximate surface area is 120 Å². The van der Waals surface area contributed by atoms with Gasteiger partial charge >= 0.3 is 0 Å². The zero-order chi connectivity index (χ0) is 13.9. The lowest BCUT2D eigenvalue weighted by Crippen LogP contribution is -2.23. The van der Waals surface area contributed by atoms with Gasteiger partial charge in [-0.25, -0.2) is 0 Å². The van der Waals surface area contributed by atoms with Crippen LogP contribution in [0.5, 0.6) is 0 Å². The molecule has 102 valence electrons. The summed E-state index contributed by atoms with van der Waals surface area (Å²) in [6.07, 6.45) is 0.657. The van der Waals surface area contributed by atoms with Crippen molar-refractivity contribution < 1.29 is 5.11 Å². The minimum absolute atomic E-state index is 0.0134. The van der Waals surface area contributed by atoms with E-state index in [1.54, 1.807) is 3.96 Å². The molecule has 3 nitrogen and oxygen atoms in total. The Hall–Kier alpha value is -1.91. The molecule has 0 saturated heterocycles. The maximum atomic E-state index is 12.4. The normalized spacial score (nSPS) is 12.7. The minimum Gasteiger partial charge on any atom is -0.394 e. The number of hydrogen-bond acceptors (Lipinski definition) is 3. The van der Waals surface area contributed by atoms with Gasteiger partial charge in [0.15, 0.2) is 0 Å². The van der Waals surface area contributed by atoms with Gasteiger partial charge in [-0.2, -0.15) is 0 Å². The van der Waals surface area contributed by atoms with Crippen LogP contribution in [0.3, 0.4) is 0 Å². The molecule has 3 rings (SSSR count). The number of aliphatic hydroxyl groups is 1. The summed E-state index contributed by atoms with van der Waals surface area (Å²) in [5.74, 6) is 0. The number of fused-ring (bicyclic) bond motifs is 1. The zero-order valence-electron chi connectivity index (χ0n) is 10.9. The highest BCUT2D eigenvalue weighted by atomic mass is 32.1. The first-order valence-electron chi connectivity index (χ1n) is 6.55. The van der Waals surface area contributed by atoms with Gasteiger partial charge in [0.05, 0.1) is 22.7 Å². The lowest BCUT2D eigenvalue weighted by molar-refractivity contribution is 0.232. The first-order valence-corrected chi connectivity index (χ1v) is 7.32. The van der Waals surface area contributed by atoms with Crippen molar-refractivity contribution in [3.8, 4) is 0 Å². The van der Waals surface area contributed by atoms with Crippen LogP contribution in [0.15, 0.2) is 59.4 Å². The number of hydrogen-bond donors (Lipinski definition) is 1. The Morgan fingerprint density at radius 2 is 1.75 bits per heavy atom. The molecule has 4 heteroatoms. The second-order valence-electron chi connectivity index (χ2n) is 4.74. The van der Waals surface area contributed by atoms with Crippen LogP contribution in [0.25, 0.3) is 10.1 Å². The lowest BCUT2D eigenvalue weighted by Gasteiger charge is -2.14. The Morgan fingerprint density at radius 3 is 2.45 bits per heavy atom. The highest BCUT2D eigenvalue weighted by molar-refractivity contribution is 7.13. The SMILES string of the molecule is O=c1c2ccccc2sn1C(CO)Cc1ccccc1. The summed E-state index contributed by atoms with van der Waals surface area (Å²) in [4.78, 5) is 12.4. The second-order valence-corrected chi connectivity index (χ2v) is 5.76. The molecule has 0 fully saturated rings. The topological polar surface area (TPSA) is 42.2 Å². The molecular formula is C16H15NO2S. The number of aromatic nitrogens is 1. The van der Waals surface area contributed by atoms with Crippen LogP contribution in [0.2, 0.25) is 0 Å². The summed E-state index contributed by atoms with van der Waals surface area (Å²) in [6.45, 7) is -0.0401. The molecule has 0 aliphatic rings. The van der Waals surface area contributed by atoms with Crippen molar-refractivity contribution in [2.24, 2.45) is 0 Å². The van der Waals surface area contributed by atoms with Crippen LogP contribution in [0.4, 0.5) is 0 Å². The van der Waals surface area contributed by atoms with Gasteiger partial charge in [-0.1, -0.05) is 54.0 Å². The van der Waals surface area contributed by atoms with E-state index < -0.39 is 0 Å². The van der Waals surface area contributed by atoms with Crippen LogP contribution in [0, 0.1) is 0 Å². The molecule has 1 aromatic heterocycles. The summed E-state index contributed by atoms with van der Waals surface area (Å²) in [7, 11) is 0. The first kappa shape index (κ1) is 13.1. The van der Waals surface area contributed by atoms with Crippen molar-refractivity contribution in [2.75, 3.05) is 6.61 Å². The molecule has 0 saturated carbocycles. The molecule has 0 amide bonds. The average Bonchev–Trinajstić information content (AvgIpc) is 2.83. The van der Waals surface area contributed by atoms with E-state index in [0.717, 1.165) is 15.6 Å². The van der Waals surface area contributed by atoms with Gasteiger partial charge in [0.2, 0.25) is 0 Å². The summed E-state index contributed by atoms with van der Waals surface area (Å²) >= 11 is 1.42. The molecule has 2 aromatic carbocycles. The second kappa shape index (κ2) is 5.61.